The molecule has 1 aliphatic carbocycles. The fourth-order valence-electron chi connectivity index (χ4n) is 4.34. The van der Waals surface area contributed by atoms with Crippen LogP contribution in [-0.2, 0) is 11.2 Å². The Morgan fingerprint density at radius 3 is 2.12 bits per heavy atom. The highest BCUT2D eigenvalue weighted by molar-refractivity contribution is 5.79. The number of ether oxygens (including phenoxy) is 1. The highest BCUT2D eigenvalue weighted by Gasteiger charge is 2.29. The van der Waals surface area contributed by atoms with Crippen LogP contribution >= 0.6 is 0 Å². The van der Waals surface area contributed by atoms with E-state index in [0.29, 0.717) is 12.0 Å². The standard InChI is InChI=1S/C27H29NO5/c29-15-5-6-18-11-13-19(14-12-18)26(31)25(30)16-28-27(32)33-17-24-22-9-3-1-7-20(22)21-8-2-4-10-23(21)24/h1-4,7-14,24-26,29-31H,5-6,15-17H2,(H,28,32). The molecule has 0 fully saturated rings. The number of rotatable bonds is 9. The molecule has 3 aromatic rings. The Hall–Kier alpha value is -3.19. The summed E-state index contributed by atoms with van der Waals surface area (Å²) in [7, 11) is 0. The van der Waals surface area contributed by atoms with Crippen LogP contribution in [0.3, 0.4) is 0 Å². The minimum atomic E-state index is -1.17. The van der Waals surface area contributed by atoms with Crippen LogP contribution in [0.4, 0.5) is 4.79 Å². The Bertz CT molecular complexity index is 1040. The molecule has 3 aromatic carbocycles. The summed E-state index contributed by atoms with van der Waals surface area (Å²) in [5, 5.41) is 32.2. The van der Waals surface area contributed by atoms with Crippen molar-refractivity contribution in [1.82, 2.24) is 5.32 Å². The van der Waals surface area contributed by atoms with Gasteiger partial charge in [-0.15, -0.1) is 0 Å². The predicted molar refractivity (Wildman–Crippen MR) is 126 cm³/mol. The Balaban J connectivity index is 1.29. The van der Waals surface area contributed by atoms with Gasteiger partial charge in [-0.2, -0.15) is 0 Å². The number of hydrogen-bond donors (Lipinski definition) is 4. The molecule has 4 rings (SSSR count). The third-order valence-electron chi connectivity index (χ3n) is 6.11. The molecule has 0 bridgehead atoms. The lowest BCUT2D eigenvalue weighted by Gasteiger charge is -2.19. The summed E-state index contributed by atoms with van der Waals surface area (Å²) in [6.45, 7) is 0.183. The Morgan fingerprint density at radius 2 is 1.52 bits per heavy atom. The molecule has 1 aliphatic rings. The second kappa shape index (κ2) is 10.6. The average molecular weight is 448 g/mol. The van der Waals surface area contributed by atoms with Crippen molar-refractivity contribution in [3.05, 3.63) is 95.1 Å². The largest absolute Gasteiger partial charge is 0.449 e. The lowest BCUT2D eigenvalue weighted by molar-refractivity contribution is 0.0185. The minimum Gasteiger partial charge on any atom is -0.449 e. The maximum absolute atomic E-state index is 12.3. The van der Waals surface area contributed by atoms with Gasteiger partial charge in [0, 0.05) is 19.1 Å². The number of aliphatic hydroxyl groups excluding tert-OH is 3. The molecule has 0 saturated carbocycles. The summed E-state index contributed by atoms with van der Waals surface area (Å²) in [6, 6.07) is 23.4. The Labute approximate surface area is 193 Å². The van der Waals surface area contributed by atoms with E-state index in [1.54, 1.807) is 12.1 Å². The molecule has 6 nitrogen and oxygen atoms in total. The SMILES string of the molecule is O=C(NCC(O)C(O)c1ccc(CCCO)cc1)OCC1c2ccccc2-c2ccccc21. The van der Waals surface area contributed by atoms with Gasteiger partial charge >= 0.3 is 6.09 Å². The molecule has 2 unspecified atom stereocenters. The van der Waals surface area contributed by atoms with Gasteiger partial charge in [-0.3, -0.25) is 0 Å². The smallest absolute Gasteiger partial charge is 0.407 e. The first-order valence-corrected chi connectivity index (χ1v) is 11.2. The number of aliphatic hydroxyl groups is 3. The highest BCUT2D eigenvalue weighted by atomic mass is 16.5. The molecule has 0 aliphatic heterocycles. The van der Waals surface area contributed by atoms with Crippen molar-refractivity contribution < 1.29 is 24.9 Å². The minimum absolute atomic E-state index is 0.0389. The van der Waals surface area contributed by atoms with E-state index in [1.807, 2.05) is 36.4 Å². The summed E-state index contributed by atoms with van der Waals surface area (Å²) in [6.07, 6.45) is -1.52. The summed E-state index contributed by atoms with van der Waals surface area (Å²) in [5.41, 5.74) is 6.18. The van der Waals surface area contributed by atoms with Crippen LogP contribution < -0.4 is 5.32 Å². The van der Waals surface area contributed by atoms with Crippen LogP contribution in [0.5, 0.6) is 0 Å². The molecule has 0 radical (unpaired) electrons. The van der Waals surface area contributed by atoms with Crippen molar-refractivity contribution in [3.63, 3.8) is 0 Å². The molecule has 0 saturated heterocycles. The van der Waals surface area contributed by atoms with E-state index in [1.165, 1.54) is 0 Å². The lowest BCUT2D eigenvalue weighted by atomic mass is 9.98. The van der Waals surface area contributed by atoms with Gasteiger partial charge in [0.15, 0.2) is 0 Å². The monoisotopic (exact) mass is 447 g/mol. The van der Waals surface area contributed by atoms with E-state index < -0.39 is 18.3 Å². The zero-order chi connectivity index (χ0) is 23.2. The lowest BCUT2D eigenvalue weighted by Crippen LogP contribution is -2.36. The second-order valence-electron chi connectivity index (χ2n) is 8.29. The first kappa shape index (κ1) is 23.0. The predicted octanol–water partition coefficient (Wildman–Crippen LogP) is 3.54. The van der Waals surface area contributed by atoms with E-state index in [0.717, 1.165) is 34.2 Å². The van der Waals surface area contributed by atoms with E-state index in [-0.39, 0.29) is 25.7 Å². The normalized spacial score (nSPS) is 14.3. The van der Waals surface area contributed by atoms with Gasteiger partial charge in [0.1, 0.15) is 18.8 Å². The number of nitrogens with one attached hydrogen (secondary N) is 1. The summed E-state index contributed by atoms with van der Waals surface area (Å²) in [4.78, 5) is 12.3. The van der Waals surface area contributed by atoms with E-state index in [2.05, 4.69) is 29.6 Å². The molecular weight excluding hydrogens is 418 g/mol. The average Bonchev–Trinajstić information content (AvgIpc) is 3.18. The molecule has 2 atom stereocenters. The summed E-state index contributed by atoms with van der Waals surface area (Å²) >= 11 is 0. The Kier molecular flexibility index (Phi) is 7.40. The van der Waals surface area contributed by atoms with E-state index >= 15 is 0 Å². The zero-order valence-electron chi connectivity index (χ0n) is 18.4. The van der Waals surface area contributed by atoms with E-state index in [4.69, 9.17) is 9.84 Å². The van der Waals surface area contributed by atoms with Crippen molar-refractivity contribution in [2.75, 3.05) is 19.8 Å². The first-order valence-electron chi connectivity index (χ1n) is 11.2. The van der Waals surface area contributed by atoms with Crippen LogP contribution in [-0.4, -0.2) is 47.3 Å². The fourth-order valence-corrected chi connectivity index (χ4v) is 4.34. The molecule has 4 N–H and O–H groups in total. The van der Waals surface area contributed by atoms with Crippen molar-refractivity contribution in [2.45, 2.75) is 31.0 Å². The number of fused-ring (bicyclic) bond motifs is 3. The third kappa shape index (κ3) is 5.25. The number of amides is 1. The maximum Gasteiger partial charge on any atom is 0.407 e. The number of carbonyl (C=O) groups is 1. The quantitative estimate of drug-likeness (QED) is 0.402. The number of alkyl carbamates (subject to hydrolysis) is 1. The van der Waals surface area contributed by atoms with Gasteiger partial charge in [0.2, 0.25) is 0 Å². The van der Waals surface area contributed by atoms with Crippen molar-refractivity contribution >= 4 is 6.09 Å². The van der Waals surface area contributed by atoms with Gasteiger partial charge in [-0.1, -0.05) is 72.8 Å². The maximum atomic E-state index is 12.3. The van der Waals surface area contributed by atoms with Crippen LogP contribution in [0.1, 0.15) is 40.7 Å². The molecule has 33 heavy (non-hydrogen) atoms. The molecule has 1 amide bonds. The number of aryl methyl sites for hydroxylation is 1. The topological polar surface area (TPSA) is 99.0 Å². The van der Waals surface area contributed by atoms with E-state index in [9.17, 15) is 15.0 Å². The summed E-state index contributed by atoms with van der Waals surface area (Å²) in [5.74, 6) is -0.0389. The molecule has 0 heterocycles. The molecule has 0 spiro atoms. The highest BCUT2D eigenvalue weighted by Crippen LogP contribution is 2.44. The van der Waals surface area contributed by atoms with Crippen LogP contribution in [0.25, 0.3) is 11.1 Å². The molecule has 172 valence electrons. The van der Waals surface area contributed by atoms with Crippen molar-refractivity contribution in [3.8, 4) is 11.1 Å². The first-order chi connectivity index (χ1) is 16.1. The fraction of sp³-hybridized carbons (Fsp3) is 0.296. The number of carbonyl (C=O) groups excluding carboxylic acids is 1. The Morgan fingerprint density at radius 1 is 0.909 bits per heavy atom. The van der Waals surface area contributed by atoms with Gasteiger partial charge in [-0.25, -0.2) is 4.79 Å². The molecular formula is C27H29NO5. The van der Waals surface area contributed by atoms with Gasteiger partial charge in [-0.05, 0) is 46.2 Å². The second-order valence-corrected chi connectivity index (χ2v) is 8.29. The van der Waals surface area contributed by atoms with Gasteiger partial charge in [0.05, 0.1) is 0 Å². The third-order valence-corrected chi connectivity index (χ3v) is 6.11. The number of benzene rings is 3. The zero-order valence-corrected chi connectivity index (χ0v) is 18.4. The summed E-state index contributed by atoms with van der Waals surface area (Å²) < 4.78 is 5.47. The van der Waals surface area contributed by atoms with Crippen LogP contribution in [0.2, 0.25) is 0 Å². The van der Waals surface area contributed by atoms with Gasteiger partial charge < -0.3 is 25.4 Å². The van der Waals surface area contributed by atoms with Crippen molar-refractivity contribution in [1.29, 1.82) is 0 Å². The number of hydrogen-bond acceptors (Lipinski definition) is 5. The molecule has 0 aromatic heterocycles. The van der Waals surface area contributed by atoms with Crippen LogP contribution in [0, 0.1) is 0 Å². The van der Waals surface area contributed by atoms with Gasteiger partial charge in [0.25, 0.3) is 0 Å². The van der Waals surface area contributed by atoms with Crippen LogP contribution in [0.15, 0.2) is 72.8 Å². The molecule has 6 heteroatoms. The van der Waals surface area contributed by atoms with Crippen molar-refractivity contribution in [2.24, 2.45) is 0 Å².